The highest BCUT2D eigenvalue weighted by Crippen LogP contribution is 2.05. The van der Waals surface area contributed by atoms with Gasteiger partial charge in [-0.3, -0.25) is 0 Å². The Bertz CT molecular complexity index is 113. The van der Waals surface area contributed by atoms with Crippen LogP contribution in [0.15, 0.2) is 0 Å². The minimum Gasteiger partial charge on any atom is -0.305 e. The molecular weight excluding hydrogens is 124 g/mol. The van der Waals surface area contributed by atoms with E-state index in [1.54, 1.807) is 0 Å². The molecule has 0 aliphatic rings. The smallest absolute Gasteiger partial charge is 0.0950 e. The molecule has 0 bridgehead atoms. The van der Waals surface area contributed by atoms with E-state index < -0.39 is 0 Å². The lowest BCUT2D eigenvalue weighted by Gasteiger charge is -2.08. The minimum absolute atomic E-state index is 0.0439. The highest BCUT2D eigenvalue weighted by molar-refractivity contribution is 4.88. The number of nitriles is 1. The van der Waals surface area contributed by atoms with Crippen molar-refractivity contribution in [2.24, 2.45) is 5.92 Å². The molecule has 0 radical (unpaired) electrons. The lowest BCUT2D eigenvalue weighted by molar-refractivity contribution is 0.504. The number of hydrogen-bond acceptors (Lipinski definition) is 2. The van der Waals surface area contributed by atoms with Gasteiger partial charge < -0.3 is 5.32 Å². The molecule has 2 heteroatoms. The van der Waals surface area contributed by atoms with Crippen molar-refractivity contribution in [3.8, 4) is 6.07 Å². The van der Waals surface area contributed by atoms with Gasteiger partial charge >= 0.3 is 0 Å². The summed E-state index contributed by atoms with van der Waals surface area (Å²) in [6.45, 7) is 4.34. The van der Waals surface area contributed by atoms with Gasteiger partial charge in [-0.1, -0.05) is 13.8 Å². The monoisotopic (exact) mass is 140 g/mol. The summed E-state index contributed by atoms with van der Waals surface area (Å²) in [7, 11) is 1.83. The van der Waals surface area contributed by atoms with Crippen molar-refractivity contribution in [3.63, 3.8) is 0 Å². The minimum atomic E-state index is 0.0439. The van der Waals surface area contributed by atoms with E-state index in [0.717, 1.165) is 12.8 Å². The van der Waals surface area contributed by atoms with E-state index in [1.165, 1.54) is 0 Å². The molecule has 2 nitrogen and oxygen atoms in total. The highest BCUT2D eigenvalue weighted by atomic mass is 14.9. The first-order valence-electron chi connectivity index (χ1n) is 3.77. The topological polar surface area (TPSA) is 35.8 Å². The van der Waals surface area contributed by atoms with Gasteiger partial charge in [0.1, 0.15) is 0 Å². The van der Waals surface area contributed by atoms with Crippen molar-refractivity contribution in [3.05, 3.63) is 0 Å². The summed E-state index contributed by atoms with van der Waals surface area (Å²) in [5.74, 6) is 0.698. The fourth-order valence-electron chi connectivity index (χ4n) is 0.773. The highest BCUT2D eigenvalue weighted by Gasteiger charge is 2.03. The molecule has 0 fully saturated rings. The molecule has 0 rings (SSSR count). The van der Waals surface area contributed by atoms with E-state index in [1.807, 2.05) is 7.05 Å². The third-order valence-corrected chi connectivity index (χ3v) is 1.54. The molecule has 1 atom stereocenters. The van der Waals surface area contributed by atoms with Crippen LogP contribution in [0.2, 0.25) is 0 Å². The standard InChI is InChI=1S/C8H16N2/c1-7(2)4-5-8(6-9)10-3/h7-8,10H,4-5H2,1-3H3. The van der Waals surface area contributed by atoms with E-state index >= 15 is 0 Å². The van der Waals surface area contributed by atoms with E-state index in [0.29, 0.717) is 5.92 Å². The zero-order valence-corrected chi connectivity index (χ0v) is 7.02. The third-order valence-electron chi connectivity index (χ3n) is 1.54. The average Bonchev–Trinajstić information content (AvgIpc) is 1.90. The van der Waals surface area contributed by atoms with Crippen LogP contribution in [0.4, 0.5) is 0 Å². The molecule has 0 saturated carbocycles. The van der Waals surface area contributed by atoms with Gasteiger partial charge in [-0.15, -0.1) is 0 Å². The van der Waals surface area contributed by atoms with Crippen molar-refractivity contribution in [1.29, 1.82) is 5.26 Å². The Balaban J connectivity index is 3.38. The summed E-state index contributed by atoms with van der Waals surface area (Å²) in [5.41, 5.74) is 0. The molecule has 0 aliphatic carbocycles. The van der Waals surface area contributed by atoms with E-state index in [9.17, 15) is 0 Å². The second kappa shape index (κ2) is 5.25. The zero-order chi connectivity index (χ0) is 7.98. The normalized spacial score (nSPS) is 13.1. The van der Waals surface area contributed by atoms with Gasteiger partial charge in [-0.2, -0.15) is 5.26 Å². The number of nitrogens with one attached hydrogen (secondary N) is 1. The average molecular weight is 140 g/mol. The van der Waals surface area contributed by atoms with Crippen LogP contribution in [0.3, 0.4) is 0 Å². The second-order valence-electron chi connectivity index (χ2n) is 2.94. The van der Waals surface area contributed by atoms with Crippen molar-refractivity contribution < 1.29 is 0 Å². The van der Waals surface area contributed by atoms with Crippen LogP contribution in [0.5, 0.6) is 0 Å². The van der Waals surface area contributed by atoms with Crippen LogP contribution in [-0.2, 0) is 0 Å². The predicted octanol–water partition coefficient (Wildman–Crippen LogP) is 1.53. The van der Waals surface area contributed by atoms with E-state index in [-0.39, 0.29) is 6.04 Å². The molecule has 0 aromatic carbocycles. The maximum Gasteiger partial charge on any atom is 0.0950 e. The first-order valence-corrected chi connectivity index (χ1v) is 3.77. The molecule has 0 saturated heterocycles. The molecule has 10 heavy (non-hydrogen) atoms. The summed E-state index contributed by atoms with van der Waals surface area (Å²) in [4.78, 5) is 0. The molecule has 0 heterocycles. The molecule has 0 aliphatic heterocycles. The third kappa shape index (κ3) is 4.34. The van der Waals surface area contributed by atoms with Crippen LogP contribution in [0, 0.1) is 17.2 Å². The van der Waals surface area contributed by atoms with Crippen LogP contribution in [-0.4, -0.2) is 13.1 Å². The molecular formula is C8H16N2. The summed E-state index contributed by atoms with van der Waals surface area (Å²) in [6, 6.07) is 2.24. The number of hydrogen-bond donors (Lipinski definition) is 1. The molecule has 0 aromatic rings. The summed E-state index contributed by atoms with van der Waals surface area (Å²) < 4.78 is 0. The fourth-order valence-corrected chi connectivity index (χ4v) is 0.773. The summed E-state index contributed by atoms with van der Waals surface area (Å²) in [5, 5.41) is 11.5. The summed E-state index contributed by atoms with van der Waals surface area (Å²) in [6.07, 6.45) is 2.09. The quantitative estimate of drug-likeness (QED) is 0.643. The van der Waals surface area contributed by atoms with Crippen molar-refractivity contribution in [1.82, 2.24) is 5.32 Å². The van der Waals surface area contributed by atoms with Gasteiger partial charge in [0.25, 0.3) is 0 Å². The van der Waals surface area contributed by atoms with Crippen molar-refractivity contribution in [2.75, 3.05) is 7.05 Å². The zero-order valence-electron chi connectivity index (χ0n) is 7.02. The maximum absolute atomic E-state index is 8.53. The van der Waals surface area contributed by atoms with Crippen LogP contribution in [0.1, 0.15) is 26.7 Å². The lowest BCUT2D eigenvalue weighted by atomic mass is 10.0. The van der Waals surface area contributed by atoms with Gasteiger partial charge in [0, 0.05) is 0 Å². The lowest BCUT2D eigenvalue weighted by Crippen LogP contribution is -2.23. The van der Waals surface area contributed by atoms with Crippen molar-refractivity contribution >= 4 is 0 Å². The molecule has 0 aromatic heterocycles. The Kier molecular flexibility index (Phi) is 4.96. The van der Waals surface area contributed by atoms with Gasteiger partial charge in [0.15, 0.2) is 0 Å². The predicted molar refractivity (Wildman–Crippen MR) is 42.5 cm³/mol. The largest absolute Gasteiger partial charge is 0.305 e. The van der Waals surface area contributed by atoms with Gasteiger partial charge in [-0.05, 0) is 25.8 Å². The SMILES string of the molecule is CNC(C#N)CCC(C)C. The van der Waals surface area contributed by atoms with Gasteiger partial charge in [0.05, 0.1) is 12.1 Å². The Morgan fingerprint density at radius 3 is 2.30 bits per heavy atom. The van der Waals surface area contributed by atoms with E-state index in [4.69, 9.17) is 5.26 Å². The number of rotatable bonds is 4. The first kappa shape index (κ1) is 9.45. The van der Waals surface area contributed by atoms with Crippen molar-refractivity contribution in [2.45, 2.75) is 32.7 Å². The molecule has 58 valence electrons. The molecule has 1 unspecified atom stereocenters. The Labute approximate surface area is 63.2 Å². The maximum atomic E-state index is 8.53. The number of nitrogens with zero attached hydrogens (tertiary/aromatic N) is 1. The Hall–Kier alpha value is -0.550. The summed E-state index contributed by atoms with van der Waals surface area (Å²) >= 11 is 0. The van der Waals surface area contributed by atoms with Gasteiger partial charge in [-0.25, -0.2) is 0 Å². The Morgan fingerprint density at radius 2 is 2.00 bits per heavy atom. The van der Waals surface area contributed by atoms with Gasteiger partial charge in [0.2, 0.25) is 0 Å². The molecule has 0 spiro atoms. The Morgan fingerprint density at radius 1 is 1.40 bits per heavy atom. The second-order valence-corrected chi connectivity index (χ2v) is 2.94. The van der Waals surface area contributed by atoms with Crippen LogP contribution >= 0.6 is 0 Å². The van der Waals surface area contributed by atoms with Crippen LogP contribution in [0.25, 0.3) is 0 Å². The first-order chi connectivity index (χ1) is 4.70. The molecule has 0 amide bonds. The van der Waals surface area contributed by atoms with E-state index in [2.05, 4.69) is 25.2 Å². The fraction of sp³-hybridized carbons (Fsp3) is 0.875. The molecule has 1 N–H and O–H groups in total. The van der Waals surface area contributed by atoms with Crippen LogP contribution < -0.4 is 5.32 Å².